The van der Waals surface area contributed by atoms with Gasteiger partial charge in [0.2, 0.25) is 0 Å². The number of hydrogen-bond donors (Lipinski definition) is 3. The third-order valence-corrected chi connectivity index (χ3v) is 12.9. The SMILES string of the molecule is C.CC(=O)O[C@@H]([C@H]1CCC2[C@@H](CC3C4CCC5C(C)(C)[C@@H](O)CCC56C[C@@]46CCC32C)O1)C(C)(C)O.CO. The molecule has 0 bridgehead atoms. The molecule has 11 atom stereocenters. The molecular formula is C32H56O6. The second-order valence-electron chi connectivity index (χ2n) is 15.0. The Morgan fingerprint density at radius 1 is 0.947 bits per heavy atom. The predicted octanol–water partition coefficient (Wildman–Crippen LogP) is 5.50. The first-order valence-corrected chi connectivity index (χ1v) is 14.9. The lowest BCUT2D eigenvalue weighted by Gasteiger charge is -2.59. The highest BCUT2D eigenvalue weighted by Gasteiger charge is 2.80. The van der Waals surface area contributed by atoms with E-state index >= 15 is 0 Å². The summed E-state index contributed by atoms with van der Waals surface area (Å²) in [7, 11) is 1.00. The van der Waals surface area contributed by atoms with Gasteiger partial charge in [0, 0.05) is 14.0 Å². The van der Waals surface area contributed by atoms with Crippen molar-refractivity contribution in [2.75, 3.05) is 7.11 Å². The number of aliphatic hydroxyl groups is 3. The van der Waals surface area contributed by atoms with Crippen LogP contribution in [0.15, 0.2) is 0 Å². The average Bonchev–Trinajstić information content (AvgIpc) is 3.41. The molecule has 6 heteroatoms. The van der Waals surface area contributed by atoms with E-state index in [1.165, 1.54) is 45.4 Å². The van der Waals surface area contributed by atoms with Crippen LogP contribution < -0.4 is 0 Å². The van der Waals surface area contributed by atoms with Crippen molar-refractivity contribution in [3.63, 3.8) is 0 Å². The van der Waals surface area contributed by atoms with E-state index in [9.17, 15) is 15.0 Å². The van der Waals surface area contributed by atoms with Crippen LogP contribution >= 0.6 is 0 Å². The molecule has 0 radical (unpaired) electrons. The number of rotatable bonds is 3. The minimum atomic E-state index is -1.13. The Kier molecular flexibility index (Phi) is 7.73. The van der Waals surface area contributed by atoms with E-state index in [0.717, 1.165) is 38.7 Å². The Balaban J connectivity index is 0.00000110. The van der Waals surface area contributed by atoms with Gasteiger partial charge in [-0.1, -0.05) is 28.2 Å². The molecular weight excluding hydrogens is 480 g/mol. The van der Waals surface area contributed by atoms with Crippen LogP contribution in [0.5, 0.6) is 0 Å². The number of aliphatic hydroxyl groups excluding tert-OH is 2. The molecule has 2 spiro atoms. The maximum absolute atomic E-state index is 11.8. The molecule has 3 N–H and O–H groups in total. The van der Waals surface area contributed by atoms with Crippen LogP contribution in [0.3, 0.4) is 0 Å². The molecule has 5 saturated carbocycles. The number of ether oxygens (including phenoxy) is 2. The lowest BCUT2D eigenvalue weighted by molar-refractivity contribution is -0.200. The molecule has 0 aromatic rings. The van der Waals surface area contributed by atoms with Crippen molar-refractivity contribution in [1.82, 2.24) is 0 Å². The van der Waals surface area contributed by atoms with Gasteiger partial charge < -0.3 is 24.8 Å². The molecule has 6 unspecified atom stereocenters. The summed E-state index contributed by atoms with van der Waals surface area (Å²) in [4.78, 5) is 11.8. The molecule has 1 saturated heterocycles. The average molecular weight is 537 g/mol. The van der Waals surface area contributed by atoms with E-state index in [1.807, 2.05) is 0 Å². The Bertz CT molecular complexity index is 895. The highest BCUT2D eigenvalue weighted by molar-refractivity contribution is 5.66. The Hall–Kier alpha value is -0.690. The number of carbonyl (C=O) groups is 1. The van der Waals surface area contributed by atoms with Crippen molar-refractivity contribution < 1.29 is 29.6 Å². The highest BCUT2D eigenvalue weighted by atomic mass is 16.6. The third-order valence-electron chi connectivity index (χ3n) is 12.9. The van der Waals surface area contributed by atoms with Crippen molar-refractivity contribution in [1.29, 1.82) is 0 Å². The zero-order valence-electron chi connectivity index (χ0n) is 24.3. The minimum absolute atomic E-state index is 0. The van der Waals surface area contributed by atoms with Crippen molar-refractivity contribution in [3.05, 3.63) is 0 Å². The maximum atomic E-state index is 11.8. The van der Waals surface area contributed by atoms with Crippen LogP contribution in [0.2, 0.25) is 0 Å². The van der Waals surface area contributed by atoms with Gasteiger partial charge in [0.25, 0.3) is 0 Å². The lowest BCUT2D eigenvalue weighted by Crippen LogP contribution is -2.54. The van der Waals surface area contributed by atoms with Crippen LogP contribution in [-0.4, -0.2) is 58.4 Å². The molecule has 38 heavy (non-hydrogen) atoms. The summed E-state index contributed by atoms with van der Waals surface area (Å²) in [5.41, 5.74) is 0.212. The fourth-order valence-corrected chi connectivity index (χ4v) is 11.3. The van der Waals surface area contributed by atoms with E-state index in [-0.39, 0.29) is 37.1 Å². The zero-order valence-corrected chi connectivity index (χ0v) is 24.3. The Morgan fingerprint density at radius 2 is 1.61 bits per heavy atom. The first-order valence-electron chi connectivity index (χ1n) is 14.9. The highest BCUT2D eigenvalue weighted by Crippen LogP contribution is 2.87. The van der Waals surface area contributed by atoms with Crippen LogP contribution in [0, 0.1) is 45.3 Å². The van der Waals surface area contributed by atoms with Gasteiger partial charge in [0.05, 0.1) is 23.9 Å². The largest absolute Gasteiger partial charge is 0.457 e. The molecule has 6 nitrogen and oxygen atoms in total. The van der Waals surface area contributed by atoms with Crippen LogP contribution in [0.1, 0.15) is 113 Å². The summed E-state index contributed by atoms with van der Waals surface area (Å²) >= 11 is 0. The number of hydrogen-bond acceptors (Lipinski definition) is 6. The van der Waals surface area contributed by atoms with Gasteiger partial charge in [-0.2, -0.15) is 0 Å². The molecule has 0 aromatic heterocycles. The van der Waals surface area contributed by atoms with Gasteiger partial charge >= 0.3 is 5.97 Å². The van der Waals surface area contributed by atoms with Crippen LogP contribution in [0.25, 0.3) is 0 Å². The molecule has 1 heterocycles. The smallest absolute Gasteiger partial charge is 0.303 e. The fourth-order valence-electron chi connectivity index (χ4n) is 11.3. The second kappa shape index (κ2) is 9.70. The van der Waals surface area contributed by atoms with Crippen molar-refractivity contribution in [2.45, 2.75) is 143 Å². The quantitative estimate of drug-likeness (QED) is 0.412. The normalized spacial score (nSPS) is 48.7. The fraction of sp³-hybridized carbons (Fsp3) is 0.969. The van der Waals surface area contributed by atoms with E-state index in [2.05, 4.69) is 20.8 Å². The molecule has 6 rings (SSSR count). The van der Waals surface area contributed by atoms with Crippen LogP contribution in [0.4, 0.5) is 0 Å². The van der Waals surface area contributed by atoms with Gasteiger partial charge in [-0.3, -0.25) is 4.79 Å². The van der Waals surface area contributed by atoms with Crippen molar-refractivity contribution in [3.8, 4) is 0 Å². The van der Waals surface area contributed by atoms with Crippen molar-refractivity contribution in [2.24, 2.45) is 45.3 Å². The zero-order chi connectivity index (χ0) is 27.2. The summed E-state index contributed by atoms with van der Waals surface area (Å²) in [6.45, 7) is 12.1. The molecule has 0 aromatic carbocycles. The molecule has 220 valence electrons. The van der Waals surface area contributed by atoms with Gasteiger partial charge in [-0.15, -0.1) is 0 Å². The standard InChI is InChI=1S/C30H48O5.CH4O.CH4/c1-17(31)34-25(27(4,5)33)21-9-7-19-22(35-21)15-20-18-8-10-23-26(2,3)24(32)11-12-30(23)16-29(18,30)14-13-28(19,20)6;1-2;/h18-25,32-33H,7-16H2,1-6H3;2H,1H3;1H4/t18?,19?,20?,21-,22-,23?,24+,25+,28?,29+,30?;;/m1../s1. The summed E-state index contributed by atoms with van der Waals surface area (Å²) < 4.78 is 12.4. The predicted molar refractivity (Wildman–Crippen MR) is 148 cm³/mol. The monoisotopic (exact) mass is 536 g/mol. The van der Waals surface area contributed by atoms with Gasteiger partial charge in [0.15, 0.2) is 6.10 Å². The summed E-state index contributed by atoms with van der Waals surface area (Å²) in [6.07, 6.45) is 11.1. The first kappa shape index (κ1) is 30.3. The number of fused-ring (bicyclic) bond motifs is 4. The van der Waals surface area contributed by atoms with E-state index in [4.69, 9.17) is 14.6 Å². The number of esters is 1. The van der Waals surface area contributed by atoms with Gasteiger partial charge in [0.1, 0.15) is 0 Å². The Labute approximate surface area is 231 Å². The van der Waals surface area contributed by atoms with Crippen molar-refractivity contribution >= 4 is 5.97 Å². The van der Waals surface area contributed by atoms with E-state index in [0.29, 0.717) is 34.0 Å². The Morgan fingerprint density at radius 3 is 2.24 bits per heavy atom. The summed E-state index contributed by atoms with van der Waals surface area (Å²) in [5, 5.41) is 28.6. The van der Waals surface area contributed by atoms with E-state index < -0.39 is 11.7 Å². The third kappa shape index (κ3) is 4.05. The first-order chi connectivity index (χ1) is 17.3. The summed E-state index contributed by atoms with van der Waals surface area (Å²) in [5.74, 6) is 2.37. The summed E-state index contributed by atoms with van der Waals surface area (Å²) in [6, 6.07) is 0. The molecule has 0 amide bonds. The topological polar surface area (TPSA) is 96.2 Å². The lowest BCUT2D eigenvalue weighted by atomic mass is 9.46. The van der Waals surface area contributed by atoms with Gasteiger partial charge in [-0.05, 0) is 123 Å². The number of carbonyl (C=O) groups excluding carboxylic acids is 1. The van der Waals surface area contributed by atoms with Gasteiger partial charge in [-0.25, -0.2) is 0 Å². The molecule has 1 aliphatic heterocycles. The molecule has 6 aliphatic rings. The van der Waals surface area contributed by atoms with E-state index in [1.54, 1.807) is 13.8 Å². The molecule has 5 aliphatic carbocycles. The maximum Gasteiger partial charge on any atom is 0.303 e. The minimum Gasteiger partial charge on any atom is -0.457 e. The molecule has 6 fully saturated rings. The second-order valence-corrected chi connectivity index (χ2v) is 15.0. The van der Waals surface area contributed by atoms with Crippen LogP contribution in [-0.2, 0) is 14.3 Å².